The molecule has 1 aromatic rings. The van der Waals surface area contributed by atoms with E-state index in [1.807, 2.05) is 25.1 Å². The zero-order chi connectivity index (χ0) is 21.8. The summed E-state index contributed by atoms with van der Waals surface area (Å²) in [5.74, 6) is 0.468. The van der Waals surface area contributed by atoms with Gasteiger partial charge in [-0.2, -0.15) is 4.31 Å². The molecular formula is C24H38N2O3S. The number of aryl methyl sites for hydroxylation is 2. The van der Waals surface area contributed by atoms with Gasteiger partial charge in [0.25, 0.3) is 0 Å². The van der Waals surface area contributed by atoms with Crippen molar-refractivity contribution < 1.29 is 13.2 Å². The lowest BCUT2D eigenvalue weighted by Gasteiger charge is -2.50. The number of carbonyl (C=O) groups excluding carboxylic acids is 1. The van der Waals surface area contributed by atoms with Crippen LogP contribution < -0.4 is 0 Å². The molecule has 1 heterocycles. The van der Waals surface area contributed by atoms with Gasteiger partial charge in [-0.3, -0.25) is 9.69 Å². The monoisotopic (exact) mass is 434 g/mol. The maximum absolute atomic E-state index is 12.9. The second kappa shape index (κ2) is 9.92. The summed E-state index contributed by atoms with van der Waals surface area (Å²) in [6.07, 6.45) is 8.00. The van der Waals surface area contributed by atoms with Crippen molar-refractivity contribution in [2.45, 2.75) is 77.7 Å². The van der Waals surface area contributed by atoms with Crippen LogP contribution in [-0.2, 0) is 10.0 Å². The van der Waals surface area contributed by atoms with Crippen LogP contribution in [-0.4, -0.2) is 60.9 Å². The third-order valence-corrected chi connectivity index (χ3v) is 9.27. The lowest BCUT2D eigenvalue weighted by molar-refractivity contribution is 0.0165. The summed E-state index contributed by atoms with van der Waals surface area (Å²) >= 11 is 0. The van der Waals surface area contributed by atoms with E-state index in [0.29, 0.717) is 25.9 Å². The smallest absolute Gasteiger partial charge is 0.214 e. The molecule has 6 heteroatoms. The number of benzene rings is 1. The lowest BCUT2D eigenvalue weighted by Crippen LogP contribution is -2.58. The predicted molar refractivity (Wildman–Crippen MR) is 123 cm³/mol. The van der Waals surface area contributed by atoms with Crippen molar-refractivity contribution in [1.29, 1.82) is 0 Å². The van der Waals surface area contributed by atoms with Crippen molar-refractivity contribution in [3.63, 3.8) is 0 Å². The number of sulfonamides is 1. The first-order valence-electron chi connectivity index (χ1n) is 11.6. The number of ketones is 1. The molecule has 1 saturated carbocycles. The molecule has 0 spiro atoms. The quantitative estimate of drug-likeness (QED) is 0.572. The lowest BCUT2D eigenvalue weighted by atomic mass is 9.76. The van der Waals surface area contributed by atoms with Gasteiger partial charge in [-0.05, 0) is 56.7 Å². The molecule has 0 radical (unpaired) electrons. The van der Waals surface area contributed by atoms with Crippen molar-refractivity contribution in [3.8, 4) is 0 Å². The average molecular weight is 435 g/mol. The van der Waals surface area contributed by atoms with Crippen LogP contribution in [0.25, 0.3) is 0 Å². The van der Waals surface area contributed by atoms with Gasteiger partial charge in [0.05, 0.1) is 5.75 Å². The highest BCUT2D eigenvalue weighted by molar-refractivity contribution is 7.89. The number of piperazine rings is 1. The molecule has 1 aliphatic heterocycles. The molecule has 0 atom stereocenters. The van der Waals surface area contributed by atoms with Gasteiger partial charge >= 0.3 is 0 Å². The Kier molecular flexibility index (Phi) is 7.75. The van der Waals surface area contributed by atoms with E-state index in [1.54, 1.807) is 4.31 Å². The minimum absolute atomic E-state index is 0.0499. The fourth-order valence-electron chi connectivity index (χ4n) is 5.17. The Balaban J connectivity index is 1.66. The molecule has 0 aromatic heterocycles. The number of carbonyl (C=O) groups is 1. The maximum atomic E-state index is 12.9. The number of Topliss-reactive ketones (excluding diaryl/α,β-unsaturated/α-hetero) is 1. The van der Waals surface area contributed by atoms with E-state index >= 15 is 0 Å². The van der Waals surface area contributed by atoms with E-state index in [2.05, 4.69) is 18.7 Å². The van der Waals surface area contributed by atoms with Gasteiger partial charge in [-0.15, -0.1) is 0 Å². The second-order valence-corrected chi connectivity index (χ2v) is 11.3. The number of hydrogen-bond acceptors (Lipinski definition) is 4. The predicted octanol–water partition coefficient (Wildman–Crippen LogP) is 4.33. The molecule has 0 N–H and O–H groups in total. The van der Waals surface area contributed by atoms with Crippen molar-refractivity contribution >= 4 is 15.8 Å². The van der Waals surface area contributed by atoms with Crippen LogP contribution in [0.1, 0.15) is 79.8 Å². The molecule has 0 bridgehead atoms. The molecule has 168 valence electrons. The van der Waals surface area contributed by atoms with Crippen LogP contribution in [0.3, 0.4) is 0 Å². The van der Waals surface area contributed by atoms with E-state index in [4.69, 9.17) is 0 Å². The first-order chi connectivity index (χ1) is 14.3. The Morgan fingerprint density at radius 3 is 2.27 bits per heavy atom. The topological polar surface area (TPSA) is 57.7 Å². The van der Waals surface area contributed by atoms with Crippen molar-refractivity contribution in [2.75, 3.05) is 31.9 Å². The van der Waals surface area contributed by atoms with Gasteiger partial charge in [0.2, 0.25) is 10.0 Å². The molecule has 30 heavy (non-hydrogen) atoms. The first kappa shape index (κ1) is 23.4. The highest BCUT2D eigenvalue weighted by Gasteiger charge is 2.40. The highest BCUT2D eigenvalue weighted by atomic mass is 32.2. The van der Waals surface area contributed by atoms with E-state index in [1.165, 1.54) is 24.8 Å². The summed E-state index contributed by atoms with van der Waals surface area (Å²) < 4.78 is 26.5. The molecule has 1 saturated heterocycles. The fourth-order valence-corrected chi connectivity index (χ4v) is 6.66. The number of hydrogen-bond donors (Lipinski definition) is 0. The van der Waals surface area contributed by atoms with Gasteiger partial charge in [-0.1, -0.05) is 38.3 Å². The second-order valence-electron chi connectivity index (χ2n) is 9.21. The van der Waals surface area contributed by atoms with Gasteiger partial charge in [0.15, 0.2) is 5.78 Å². The van der Waals surface area contributed by atoms with Gasteiger partial charge in [0, 0.05) is 43.7 Å². The largest absolute Gasteiger partial charge is 0.295 e. The SMILES string of the molecule is CCCS(=O)(=O)N1CCN(C2(CCC(=O)c3ccc(C)c(C)c3)CCCCC2)CC1. The summed E-state index contributed by atoms with van der Waals surface area (Å²) in [7, 11) is -3.12. The maximum Gasteiger partial charge on any atom is 0.214 e. The van der Waals surface area contributed by atoms with Crippen molar-refractivity contribution in [2.24, 2.45) is 0 Å². The van der Waals surface area contributed by atoms with Gasteiger partial charge in [0.1, 0.15) is 0 Å². The molecule has 0 unspecified atom stereocenters. The van der Waals surface area contributed by atoms with Crippen LogP contribution in [0, 0.1) is 13.8 Å². The minimum Gasteiger partial charge on any atom is -0.295 e. The Labute approximate surface area is 182 Å². The van der Waals surface area contributed by atoms with Crippen molar-refractivity contribution in [1.82, 2.24) is 9.21 Å². The third kappa shape index (κ3) is 5.32. The van der Waals surface area contributed by atoms with Gasteiger partial charge < -0.3 is 0 Å². The number of nitrogens with zero attached hydrogens (tertiary/aromatic N) is 2. The standard InChI is InChI=1S/C24H38N2O3S/c1-4-18-30(28,29)26-16-14-25(15-17-26)24(11-6-5-7-12-24)13-10-23(27)22-9-8-20(2)21(3)19-22/h8-9,19H,4-7,10-18H2,1-3H3. The van der Waals surface area contributed by atoms with Crippen LogP contribution >= 0.6 is 0 Å². The molecule has 2 fully saturated rings. The summed E-state index contributed by atoms with van der Waals surface area (Å²) in [5.41, 5.74) is 3.25. The molecule has 1 aliphatic carbocycles. The van der Waals surface area contributed by atoms with Crippen molar-refractivity contribution in [3.05, 3.63) is 34.9 Å². The summed E-state index contributed by atoms with van der Waals surface area (Å²) in [6.45, 7) is 8.76. The normalized spacial score (nSPS) is 20.9. The average Bonchev–Trinajstić information content (AvgIpc) is 2.75. The summed E-state index contributed by atoms with van der Waals surface area (Å²) in [4.78, 5) is 15.4. The number of rotatable bonds is 8. The molecule has 1 aromatic carbocycles. The third-order valence-electron chi connectivity index (χ3n) is 7.20. The Morgan fingerprint density at radius 2 is 1.67 bits per heavy atom. The zero-order valence-electron chi connectivity index (χ0n) is 19.0. The van der Waals surface area contributed by atoms with E-state index < -0.39 is 10.0 Å². The zero-order valence-corrected chi connectivity index (χ0v) is 19.8. The summed E-state index contributed by atoms with van der Waals surface area (Å²) in [5, 5.41) is 0. The van der Waals surface area contributed by atoms with Gasteiger partial charge in [-0.25, -0.2) is 8.42 Å². The van der Waals surface area contributed by atoms with E-state index in [-0.39, 0.29) is 17.1 Å². The van der Waals surface area contributed by atoms with Crippen LogP contribution in [0.5, 0.6) is 0 Å². The Morgan fingerprint density at radius 1 is 1.00 bits per heavy atom. The first-order valence-corrected chi connectivity index (χ1v) is 13.2. The van der Waals surface area contributed by atoms with Crippen LogP contribution in [0.2, 0.25) is 0 Å². The molecular weight excluding hydrogens is 396 g/mol. The van der Waals surface area contributed by atoms with Crippen LogP contribution in [0.15, 0.2) is 18.2 Å². The highest BCUT2D eigenvalue weighted by Crippen LogP contribution is 2.38. The molecule has 0 amide bonds. The molecule has 3 rings (SSSR count). The molecule has 2 aliphatic rings. The minimum atomic E-state index is -3.12. The van der Waals surface area contributed by atoms with E-state index in [9.17, 15) is 13.2 Å². The van der Waals surface area contributed by atoms with E-state index in [0.717, 1.165) is 43.5 Å². The Hall–Kier alpha value is -1.24. The molecule has 5 nitrogen and oxygen atoms in total. The Bertz CT molecular complexity index is 836. The van der Waals surface area contributed by atoms with Crippen LogP contribution in [0.4, 0.5) is 0 Å². The summed E-state index contributed by atoms with van der Waals surface area (Å²) in [6, 6.07) is 6.01. The fraction of sp³-hybridized carbons (Fsp3) is 0.708.